The van der Waals surface area contributed by atoms with Crippen LogP contribution in [0.25, 0.3) is 0 Å². The van der Waals surface area contributed by atoms with Gasteiger partial charge in [0, 0.05) is 59.4 Å². The summed E-state index contributed by atoms with van der Waals surface area (Å²) < 4.78 is 62.8. The number of thiocarbonyl (C=S) groups is 1. The second-order valence-electron chi connectivity index (χ2n) is 24.9. The molecule has 0 aromatic heterocycles. The highest BCUT2D eigenvalue weighted by molar-refractivity contribution is 7.80. The number of likely N-dealkylation sites (tertiary alicyclic amines) is 1. The first-order valence-electron chi connectivity index (χ1n) is 30.8. The quantitative estimate of drug-likeness (QED) is 0.0322. The van der Waals surface area contributed by atoms with Crippen LogP contribution in [0.1, 0.15) is 129 Å². The van der Waals surface area contributed by atoms with Crippen molar-refractivity contribution in [2.45, 2.75) is 174 Å². The number of anilines is 2. The van der Waals surface area contributed by atoms with Crippen molar-refractivity contribution in [1.29, 1.82) is 0 Å². The summed E-state index contributed by atoms with van der Waals surface area (Å²) in [7, 11) is 5.31. The standard InChI is InChI=1S/C63H96ClF3N10O14S/c1-34(2)52(73-59(92)70-24-14-15-26-77-27-23-36(4)55(77)81)54(80)72-45(19-17-25-69-58(68)84)53(79)71-44-22-21-42(31-43(44)63(65,66)67)56(82)75(10)40(8)57(83)91-49-32-50(78)76(11)46-29-41(30-47(89-12)51(46)64)28-35(3)18-16-20-48(90-13)62(88,74-60(85)86)33-37(5)38(6)39(7)61(49,9)87/h16,18,20-22,29-31,34,36-40,45,48-49,52,55,57,74,81,83,87-88H,14-15,17,19,23-28,32-33H2,1-13H3,(H,71,79)(H,72,80)(H,85,86)(H3,68,69,84)(H2,70,73,92)/b20-16+,35-18+/t36?,37-,38+,39-,40-,45-,48+,49-,52-,55?,57?,61+,62-/m0/s1. The third-order valence-corrected chi connectivity index (χ3v) is 18.4. The Morgan fingerprint density at radius 2 is 1.63 bits per heavy atom. The number of aliphatic hydroxyl groups excluding tert-OH is 2. The Hall–Kier alpha value is -6.37. The fourth-order valence-corrected chi connectivity index (χ4v) is 11.8. The first kappa shape index (κ1) is 78.1. The molecule has 2 aliphatic rings. The molecular formula is C63H96ClF3N10O14S. The highest BCUT2D eigenvalue weighted by atomic mass is 35.5. The van der Waals surface area contributed by atoms with Gasteiger partial charge in [0.05, 0.1) is 48.2 Å². The lowest BCUT2D eigenvalue weighted by Gasteiger charge is -2.45. The number of rotatable bonds is 23. The number of allylic oxidation sites excluding steroid dienone is 3. The number of unbranched alkanes of at least 4 members (excludes halogenated alkanes) is 1. The molecule has 13 N–H and O–H groups in total. The van der Waals surface area contributed by atoms with Gasteiger partial charge in [-0.15, -0.1) is 0 Å². The summed E-state index contributed by atoms with van der Waals surface area (Å²) in [6.07, 6.45) is -5.66. The average Bonchev–Trinajstić information content (AvgIpc) is 0.955. The zero-order valence-electron chi connectivity index (χ0n) is 54.8. The number of hydrogen-bond acceptors (Lipinski definition) is 15. The van der Waals surface area contributed by atoms with Gasteiger partial charge >= 0.3 is 18.3 Å². The van der Waals surface area contributed by atoms with Gasteiger partial charge < -0.3 is 81.9 Å². The number of nitrogens with one attached hydrogen (secondary N) is 6. The number of carbonyl (C=O) groups excluding carboxylic acids is 5. The number of methoxy groups -OCH3 is 2. The van der Waals surface area contributed by atoms with Gasteiger partial charge in [0.15, 0.2) is 17.1 Å². The third kappa shape index (κ3) is 21.6. The molecular weight excluding hydrogens is 1250 g/mol. The number of aliphatic hydroxyl groups is 4. The SMILES string of the molecule is COc1cc2cc(c1Cl)N(C)C(=O)C[C@H](OC(O)[C@H](C)N(C)C(=O)c1ccc(NC(=O)[C@H](CCCNC(N)=O)NC(=O)[C@@H](NC(=S)NCCCCN3CCC(C)C3O)C(C)C)c(C(F)(F)F)c1)[C@](C)(O)[C@@H](C)[C@H](C)[C@@H](C)C[C@@](O)(NC(=O)O)[C@H](OC)/C=C/C=C(\C)C2. The molecule has 516 valence electrons. The zero-order chi connectivity index (χ0) is 69.3. The Balaban J connectivity index is 1.64. The summed E-state index contributed by atoms with van der Waals surface area (Å²) in [5.74, 6) is -5.68. The van der Waals surface area contributed by atoms with Gasteiger partial charge in [-0.05, 0) is 137 Å². The van der Waals surface area contributed by atoms with Crippen LogP contribution in [-0.2, 0) is 36.5 Å². The van der Waals surface area contributed by atoms with Crippen LogP contribution in [0.3, 0.4) is 0 Å². The molecule has 2 heterocycles. The van der Waals surface area contributed by atoms with Crippen molar-refractivity contribution in [2.75, 3.05) is 64.7 Å². The molecule has 24 nitrogen and oxygen atoms in total. The molecule has 29 heteroatoms. The zero-order valence-corrected chi connectivity index (χ0v) is 56.4. The van der Waals surface area contributed by atoms with Gasteiger partial charge in [0.1, 0.15) is 35.2 Å². The molecule has 1 fully saturated rings. The first-order chi connectivity index (χ1) is 42.9. The van der Waals surface area contributed by atoms with E-state index >= 15 is 13.2 Å². The largest absolute Gasteiger partial charge is 0.495 e. The Morgan fingerprint density at radius 3 is 2.22 bits per heavy atom. The third-order valence-electron chi connectivity index (χ3n) is 17.7. The second kappa shape index (κ2) is 34.7. The van der Waals surface area contributed by atoms with Gasteiger partial charge in [-0.1, -0.05) is 76.9 Å². The van der Waals surface area contributed by atoms with Gasteiger partial charge in [0.2, 0.25) is 17.7 Å². The summed E-state index contributed by atoms with van der Waals surface area (Å²) in [6.45, 7) is 16.9. The number of hydrogen-bond donors (Lipinski definition) is 12. The van der Waals surface area contributed by atoms with E-state index in [0.717, 1.165) is 42.0 Å². The smallest absolute Gasteiger partial charge is 0.418 e. The number of urea groups is 1. The second-order valence-corrected chi connectivity index (χ2v) is 25.7. The minimum absolute atomic E-state index is 0.0428. The van der Waals surface area contributed by atoms with Gasteiger partial charge in [-0.25, -0.2) is 9.59 Å². The fraction of sp³-hybridized carbons (Fsp3) is 0.635. The number of ether oxygens (including phenoxy) is 3. The van der Waals surface area contributed by atoms with E-state index in [1.54, 1.807) is 58.9 Å². The highest BCUT2D eigenvalue weighted by Gasteiger charge is 2.48. The molecule has 3 unspecified atom stereocenters. The molecule has 92 heavy (non-hydrogen) atoms. The molecule has 2 aromatic carbocycles. The number of halogens is 4. The van der Waals surface area contributed by atoms with E-state index in [4.69, 9.17) is 43.8 Å². The molecule has 0 radical (unpaired) electrons. The van der Waals surface area contributed by atoms with E-state index in [2.05, 4.69) is 31.9 Å². The number of nitrogens with zero attached hydrogens (tertiary/aromatic N) is 3. The van der Waals surface area contributed by atoms with Crippen molar-refractivity contribution >= 4 is 76.1 Å². The molecule has 1 saturated heterocycles. The van der Waals surface area contributed by atoms with E-state index in [-0.39, 0.29) is 53.3 Å². The van der Waals surface area contributed by atoms with Gasteiger partial charge in [0.25, 0.3) is 5.91 Å². The Labute approximate surface area is 547 Å². The predicted molar refractivity (Wildman–Crippen MR) is 346 cm³/mol. The number of nitrogens with two attached hydrogens (primary N) is 1. The van der Waals surface area contributed by atoms with Crippen LogP contribution in [-0.4, -0.2) is 185 Å². The van der Waals surface area contributed by atoms with Crippen LogP contribution >= 0.6 is 23.8 Å². The summed E-state index contributed by atoms with van der Waals surface area (Å²) in [5.41, 5.74) is -0.221. The number of amides is 7. The van der Waals surface area contributed by atoms with Crippen LogP contribution in [0, 0.1) is 29.6 Å². The van der Waals surface area contributed by atoms with Crippen molar-refractivity contribution in [2.24, 2.45) is 35.3 Å². The Bertz CT molecular complexity index is 2940. The van der Waals surface area contributed by atoms with E-state index in [0.29, 0.717) is 37.6 Å². The molecule has 4 rings (SSSR count). The lowest BCUT2D eigenvalue weighted by Crippen LogP contribution is -2.58. The maximum Gasteiger partial charge on any atom is 0.418 e. The fourth-order valence-electron chi connectivity index (χ4n) is 11.3. The summed E-state index contributed by atoms with van der Waals surface area (Å²) >= 11 is 12.3. The van der Waals surface area contributed by atoms with E-state index < -0.39 is 143 Å². The molecule has 2 aromatic rings. The van der Waals surface area contributed by atoms with E-state index in [1.807, 2.05) is 18.7 Å². The lowest BCUT2D eigenvalue weighted by atomic mass is 9.70. The number of carboxylic acid groups (broad SMARTS) is 1. The normalized spacial score (nSPS) is 25.9. The molecule has 7 amide bonds. The maximum absolute atomic E-state index is 15.1. The molecule has 0 saturated carbocycles. The molecule has 2 aliphatic heterocycles. The molecule has 0 spiro atoms. The maximum atomic E-state index is 15.1. The number of primary amides is 1. The van der Waals surface area contributed by atoms with Gasteiger partial charge in [-0.3, -0.25) is 29.4 Å². The van der Waals surface area contributed by atoms with Crippen molar-refractivity contribution < 1.29 is 81.7 Å². The predicted octanol–water partition coefficient (Wildman–Crippen LogP) is 6.46. The summed E-state index contributed by atoms with van der Waals surface area (Å²) in [6, 6.07) is 0.918. The van der Waals surface area contributed by atoms with Crippen molar-refractivity contribution in [3.63, 3.8) is 0 Å². The number of likely N-dealkylation sites (N-methyl/N-ethyl adjacent to an activating group) is 1. The van der Waals surface area contributed by atoms with Crippen LogP contribution in [0.4, 0.5) is 34.1 Å². The average molecular weight is 1340 g/mol. The number of benzene rings is 2. The van der Waals surface area contributed by atoms with Crippen LogP contribution < -0.4 is 47.3 Å². The number of alkyl halides is 3. The Morgan fingerprint density at radius 1 is 0.967 bits per heavy atom. The molecule has 2 bridgehead atoms. The van der Waals surface area contributed by atoms with Crippen LogP contribution in [0.2, 0.25) is 5.02 Å². The van der Waals surface area contributed by atoms with Crippen LogP contribution in [0.5, 0.6) is 5.75 Å². The van der Waals surface area contributed by atoms with E-state index in [1.165, 1.54) is 53.1 Å². The number of carbonyl (C=O) groups is 6. The summed E-state index contributed by atoms with van der Waals surface area (Å²) in [5, 5.41) is 72.6. The number of fused-ring (bicyclic) bond motifs is 2. The molecule has 13 atom stereocenters. The minimum atomic E-state index is -5.20. The topological polar surface area (TPSA) is 339 Å². The van der Waals surface area contributed by atoms with Crippen LogP contribution in [0.15, 0.2) is 54.1 Å². The Kier molecular flexibility index (Phi) is 29.4. The van der Waals surface area contributed by atoms with Crippen molar-refractivity contribution in [3.05, 3.63) is 75.8 Å². The van der Waals surface area contributed by atoms with Gasteiger partial charge in [-0.2, -0.15) is 13.2 Å². The minimum Gasteiger partial charge on any atom is -0.495 e. The van der Waals surface area contributed by atoms with Crippen molar-refractivity contribution in [3.8, 4) is 5.75 Å². The highest BCUT2D eigenvalue weighted by Crippen LogP contribution is 2.41. The summed E-state index contributed by atoms with van der Waals surface area (Å²) in [4.78, 5) is 84.7. The van der Waals surface area contributed by atoms with E-state index in [9.17, 15) is 54.3 Å². The lowest BCUT2D eigenvalue weighted by molar-refractivity contribution is -0.224. The first-order valence-corrected chi connectivity index (χ1v) is 31.6. The van der Waals surface area contributed by atoms with Crippen molar-refractivity contribution in [1.82, 2.24) is 36.4 Å². The monoisotopic (exact) mass is 1340 g/mol. The molecule has 0 aliphatic carbocycles.